The van der Waals surface area contributed by atoms with Crippen molar-refractivity contribution in [3.8, 4) is 0 Å². The third-order valence-corrected chi connectivity index (χ3v) is 9.29. The number of ether oxygens (including phenoxy) is 2. The van der Waals surface area contributed by atoms with Gasteiger partial charge in [0.25, 0.3) is 0 Å². The Morgan fingerprint density at radius 2 is 0.722 bits per heavy atom. The van der Waals surface area contributed by atoms with Gasteiger partial charge in [-0.2, -0.15) is 0 Å². The number of carbonyl (C=O) groups is 4. The summed E-state index contributed by atoms with van der Waals surface area (Å²) in [6, 6.07) is 6.83. The van der Waals surface area contributed by atoms with Gasteiger partial charge in [0.1, 0.15) is 0 Å². The molecule has 8 nitrogen and oxygen atoms in total. The Morgan fingerprint density at radius 3 is 0.981 bits per heavy atom. The van der Waals surface area contributed by atoms with Crippen molar-refractivity contribution in [1.29, 1.82) is 0 Å². The van der Waals surface area contributed by atoms with E-state index in [0.29, 0.717) is 37.2 Å². The van der Waals surface area contributed by atoms with Crippen molar-refractivity contribution in [2.45, 2.75) is 184 Å². The minimum atomic E-state index is -1.12. The molecule has 0 spiro atoms. The number of aliphatic carboxylic acids is 2. The molecule has 1 aromatic carbocycles. The fraction of sp³-hybridized carbons (Fsp3) is 0.739. The van der Waals surface area contributed by atoms with Gasteiger partial charge in [-0.15, -0.1) is 0 Å². The Bertz CT molecular complexity index is 1110. The second-order valence-corrected chi connectivity index (χ2v) is 16.6. The summed E-state index contributed by atoms with van der Waals surface area (Å²) in [7, 11) is 0. The quantitative estimate of drug-likeness (QED) is 0.0451. The standard InChI is InChI=1S/C34H58O4.C12H20O4/c1-29(2)23-17-13-9-5-7-11-15-21-27-37-33(35)31-25-19-20-26-32(31)34(36)38-28-22-16-12-8-6-10-14-18-24-30(3)4;1-7(2)5-9(11(13)14)10(12(15)16)6-8(3)4/h19-20,25-26,29-30H,5-18,21-24,27-28H2,1-4H3;7-8H,5-6H2,1-4H3,(H,13,14)(H,15,16)/b;10-9-. The monoisotopic (exact) mass is 759 g/mol. The van der Waals surface area contributed by atoms with Crippen LogP contribution in [0.2, 0.25) is 0 Å². The molecule has 310 valence electrons. The molecule has 0 aliphatic heterocycles. The highest BCUT2D eigenvalue weighted by molar-refractivity contribution is 6.03. The zero-order valence-electron chi connectivity index (χ0n) is 35.5. The van der Waals surface area contributed by atoms with Crippen LogP contribution in [0.25, 0.3) is 0 Å². The zero-order valence-corrected chi connectivity index (χ0v) is 35.5. The van der Waals surface area contributed by atoms with E-state index in [0.717, 1.165) is 37.5 Å². The van der Waals surface area contributed by atoms with E-state index >= 15 is 0 Å². The summed E-state index contributed by atoms with van der Waals surface area (Å²) in [6.07, 6.45) is 22.6. The molecule has 0 aliphatic rings. The maximum absolute atomic E-state index is 12.6. The van der Waals surface area contributed by atoms with Gasteiger partial charge in [0.15, 0.2) is 0 Å². The molecule has 0 bridgehead atoms. The van der Waals surface area contributed by atoms with Crippen LogP contribution in [-0.2, 0) is 19.1 Å². The molecular weight excluding hydrogens is 680 g/mol. The molecule has 0 unspecified atom stereocenters. The molecule has 8 heteroatoms. The number of unbranched alkanes of at least 4 members (excludes halogenated alkanes) is 14. The smallest absolute Gasteiger partial charge is 0.339 e. The number of esters is 2. The van der Waals surface area contributed by atoms with Crippen molar-refractivity contribution in [1.82, 2.24) is 0 Å². The highest BCUT2D eigenvalue weighted by Crippen LogP contribution is 2.22. The number of carboxylic acids is 2. The van der Waals surface area contributed by atoms with Gasteiger partial charge >= 0.3 is 23.9 Å². The lowest BCUT2D eigenvalue weighted by atomic mass is 9.93. The Morgan fingerprint density at radius 1 is 0.444 bits per heavy atom. The maximum Gasteiger partial charge on any atom is 0.339 e. The summed E-state index contributed by atoms with van der Waals surface area (Å²) in [6.45, 7) is 17.4. The van der Waals surface area contributed by atoms with Crippen molar-refractivity contribution in [3.63, 3.8) is 0 Å². The molecule has 0 fully saturated rings. The van der Waals surface area contributed by atoms with Gasteiger partial charge in [-0.05, 0) is 61.5 Å². The minimum absolute atomic E-state index is 0.0381. The molecule has 1 rings (SSSR count). The zero-order chi connectivity index (χ0) is 40.7. The van der Waals surface area contributed by atoms with Crippen molar-refractivity contribution in [2.24, 2.45) is 23.7 Å². The largest absolute Gasteiger partial charge is 0.478 e. The first-order valence-electron chi connectivity index (χ1n) is 21.3. The van der Waals surface area contributed by atoms with E-state index in [2.05, 4.69) is 27.7 Å². The Hall–Kier alpha value is -3.16. The first-order valence-corrected chi connectivity index (χ1v) is 21.3. The van der Waals surface area contributed by atoms with Crippen LogP contribution in [0.3, 0.4) is 0 Å². The number of carboxylic acid groups (broad SMARTS) is 2. The average Bonchev–Trinajstić information content (AvgIpc) is 3.10. The molecular formula is C46H78O8. The Kier molecular flexibility index (Phi) is 30.2. The van der Waals surface area contributed by atoms with Gasteiger partial charge in [0.2, 0.25) is 0 Å². The van der Waals surface area contributed by atoms with Crippen LogP contribution in [-0.4, -0.2) is 47.3 Å². The summed E-state index contributed by atoms with van der Waals surface area (Å²) in [4.78, 5) is 47.3. The SMILES string of the molecule is CC(C)C/C(C(=O)O)=C(\CC(C)C)C(=O)O.CC(C)CCCCCCCCCCOC(=O)c1ccccc1C(=O)OCCCCCCCCCCC(C)C. The van der Waals surface area contributed by atoms with Crippen LogP contribution in [0.1, 0.15) is 205 Å². The van der Waals surface area contributed by atoms with Gasteiger partial charge in [-0.3, -0.25) is 0 Å². The lowest BCUT2D eigenvalue weighted by molar-refractivity contribution is -0.136. The molecule has 2 N–H and O–H groups in total. The number of benzene rings is 1. The van der Waals surface area contributed by atoms with E-state index in [-0.39, 0.29) is 23.0 Å². The first kappa shape index (κ1) is 50.8. The molecule has 0 radical (unpaired) electrons. The van der Waals surface area contributed by atoms with E-state index in [4.69, 9.17) is 19.7 Å². The molecule has 0 amide bonds. The highest BCUT2D eigenvalue weighted by atomic mass is 16.5. The van der Waals surface area contributed by atoms with E-state index in [1.54, 1.807) is 24.3 Å². The van der Waals surface area contributed by atoms with Gasteiger partial charge in [-0.1, -0.05) is 170 Å². The van der Waals surface area contributed by atoms with Gasteiger partial charge < -0.3 is 19.7 Å². The third-order valence-electron chi connectivity index (χ3n) is 9.29. The second kappa shape index (κ2) is 32.1. The van der Waals surface area contributed by atoms with Crippen LogP contribution >= 0.6 is 0 Å². The predicted molar refractivity (Wildman–Crippen MR) is 221 cm³/mol. The molecule has 0 saturated heterocycles. The fourth-order valence-corrected chi connectivity index (χ4v) is 6.25. The minimum Gasteiger partial charge on any atom is -0.478 e. The number of hydrogen-bond acceptors (Lipinski definition) is 6. The van der Waals surface area contributed by atoms with Crippen LogP contribution in [0.15, 0.2) is 35.4 Å². The summed E-state index contributed by atoms with van der Waals surface area (Å²) < 4.78 is 10.9. The van der Waals surface area contributed by atoms with Crippen molar-refractivity contribution >= 4 is 23.9 Å². The average molecular weight is 759 g/mol. The van der Waals surface area contributed by atoms with Crippen molar-refractivity contribution in [2.75, 3.05) is 13.2 Å². The second-order valence-electron chi connectivity index (χ2n) is 16.6. The number of hydrogen-bond donors (Lipinski definition) is 2. The van der Waals surface area contributed by atoms with E-state index < -0.39 is 23.9 Å². The van der Waals surface area contributed by atoms with Crippen molar-refractivity contribution in [3.05, 3.63) is 46.5 Å². The van der Waals surface area contributed by atoms with E-state index in [1.807, 2.05) is 27.7 Å². The summed E-state index contributed by atoms with van der Waals surface area (Å²) in [5.41, 5.74) is 0.681. The van der Waals surface area contributed by atoms with Gasteiger partial charge in [-0.25, -0.2) is 19.2 Å². The maximum atomic E-state index is 12.6. The summed E-state index contributed by atoms with van der Waals surface area (Å²) in [5, 5.41) is 18.1. The first-order chi connectivity index (χ1) is 25.7. The van der Waals surface area contributed by atoms with Crippen LogP contribution in [0, 0.1) is 23.7 Å². The third kappa shape index (κ3) is 27.4. The normalized spacial score (nSPS) is 11.8. The van der Waals surface area contributed by atoms with E-state index in [9.17, 15) is 19.2 Å². The Balaban J connectivity index is 0.00000147. The molecule has 0 aromatic heterocycles. The molecule has 0 heterocycles. The summed E-state index contributed by atoms with van der Waals surface area (Å²) >= 11 is 0. The van der Waals surface area contributed by atoms with Crippen LogP contribution < -0.4 is 0 Å². The Labute approximate surface area is 329 Å². The molecule has 1 aromatic rings. The number of rotatable bonds is 30. The molecule has 0 saturated carbocycles. The van der Waals surface area contributed by atoms with Gasteiger partial charge in [0.05, 0.1) is 24.3 Å². The van der Waals surface area contributed by atoms with Crippen molar-refractivity contribution < 1.29 is 38.9 Å². The predicted octanol–water partition coefficient (Wildman–Crippen LogP) is 12.9. The highest BCUT2D eigenvalue weighted by Gasteiger charge is 2.22. The van der Waals surface area contributed by atoms with Crippen LogP contribution in [0.5, 0.6) is 0 Å². The fourth-order valence-electron chi connectivity index (χ4n) is 6.25. The lowest BCUT2D eigenvalue weighted by Gasteiger charge is -2.12. The summed E-state index contributed by atoms with van der Waals surface area (Å²) in [5.74, 6) is -1.21. The van der Waals surface area contributed by atoms with Gasteiger partial charge in [0, 0.05) is 11.1 Å². The van der Waals surface area contributed by atoms with E-state index in [1.165, 1.54) is 89.9 Å². The molecule has 0 atom stereocenters. The lowest BCUT2D eigenvalue weighted by Crippen LogP contribution is -2.15. The van der Waals surface area contributed by atoms with Crippen LogP contribution in [0.4, 0.5) is 0 Å². The topological polar surface area (TPSA) is 127 Å². The molecule has 0 aliphatic carbocycles. The molecule has 54 heavy (non-hydrogen) atoms. The number of carbonyl (C=O) groups excluding carboxylic acids is 2.